The standard InChI is InChI=1S/C15H16FNO2/c1-10(18)17-8-7-11-3-6-15(16)13-5-4-12(19-2)9-14(11)13/h3-6,9H,7-8H2,1-2H3,(H,17,18)/i2D3. The Bertz CT molecular complexity index is 701. The van der Waals surface area contributed by atoms with Crippen LogP contribution in [0.5, 0.6) is 5.75 Å². The number of rotatable bonds is 4. The van der Waals surface area contributed by atoms with Gasteiger partial charge in [0.2, 0.25) is 5.91 Å². The molecular formula is C15H16FNO2. The molecule has 0 aromatic heterocycles. The molecule has 0 radical (unpaired) electrons. The van der Waals surface area contributed by atoms with Gasteiger partial charge in [0.15, 0.2) is 0 Å². The van der Waals surface area contributed by atoms with Gasteiger partial charge >= 0.3 is 0 Å². The molecule has 0 aliphatic rings. The number of amides is 1. The Balaban J connectivity index is 2.36. The highest BCUT2D eigenvalue weighted by Crippen LogP contribution is 2.26. The number of halogens is 1. The maximum absolute atomic E-state index is 13.9. The summed E-state index contributed by atoms with van der Waals surface area (Å²) in [6.07, 6.45) is 0.508. The Morgan fingerprint density at radius 2 is 2.21 bits per heavy atom. The number of hydrogen-bond acceptors (Lipinski definition) is 2. The number of fused-ring (bicyclic) bond motifs is 1. The molecule has 0 bridgehead atoms. The first-order chi connectivity index (χ1) is 10.3. The fraction of sp³-hybridized carbons (Fsp3) is 0.267. The van der Waals surface area contributed by atoms with Crippen LogP contribution in [-0.4, -0.2) is 19.5 Å². The van der Waals surface area contributed by atoms with E-state index in [9.17, 15) is 9.18 Å². The third-order valence-electron chi connectivity index (χ3n) is 2.91. The molecule has 0 unspecified atom stereocenters. The third kappa shape index (κ3) is 3.02. The lowest BCUT2D eigenvalue weighted by atomic mass is 10.0. The van der Waals surface area contributed by atoms with E-state index in [0.717, 1.165) is 5.56 Å². The van der Waals surface area contributed by atoms with Crippen molar-refractivity contribution in [2.45, 2.75) is 13.3 Å². The lowest BCUT2D eigenvalue weighted by Gasteiger charge is -2.09. The van der Waals surface area contributed by atoms with Gasteiger partial charge in [0, 0.05) is 18.9 Å². The number of ether oxygens (including phenoxy) is 1. The SMILES string of the molecule is [2H]C([2H])([2H])Oc1ccc2c(F)ccc(CCNC(C)=O)c2c1. The molecule has 1 amide bonds. The van der Waals surface area contributed by atoms with Crippen molar-refractivity contribution >= 4 is 16.7 Å². The Morgan fingerprint density at radius 3 is 2.95 bits per heavy atom. The van der Waals surface area contributed by atoms with E-state index in [2.05, 4.69) is 5.32 Å². The molecule has 19 heavy (non-hydrogen) atoms. The van der Waals surface area contributed by atoms with Crippen LogP contribution in [0.25, 0.3) is 10.8 Å². The molecule has 0 atom stereocenters. The number of methoxy groups -OCH3 is 1. The quantitative estimate of drug-likeness (QED) is 0.922. The van der Waals surface area contributed by atoms with Crippen LogP contribution in [0.15, 0.2) is 30.3 Å². The van der Waals surface area contributed by atoms with E-state index < -0.39 is 12.9 Å². The smallest absolute Gasteiger partial charge is 0.216 e. The number of nitrogens with one attached hydrogen (secondary N) is 1. The van der Waals surface area contributed by atoms with Crippen molar-refractivity contribution in [1.29, 1.82) is 0 Å². The Labute approximate surface area is 115 Å². The fourth-order valence-electron chi connectivity index (χ4n) is 2.01. The minimum atomic E-state index is -2.56. The van der Waals surface area contributed by atoms with Gasteiger partial charge in [0.25, 0.3) is 0 Å². The van der Waals surface area contributed by atoms with E-state index in [-0.39, 0.29) is 11.7 Å². The Kier molecular flexibility index (Phi) is 2.93. The summed E-state index contributed by atoms with van der Waals surface area (Å²) in [6.45, 7) is 1.84. The van der Waals surface area contributed by atoms with Crippen molar-refractivity contribution in [2.75, 3.05) is 13.6 Å². The molecule has 0 fully saturated rings. The van der Waals surface area contributed by atoms with Crippen LogP contribution in [0, 0.1) is 5.82 Å². The largest absolute Gasteiger partial charge is 0.497 e. The first-order valence-corrected chi connectivity index (χ1v) is 5.91. The summed E-state index contributed by atoms with van der Waals surface area (Å²) >= 11 is 0. The summed E-state index contributed by atoms with van der Waals surface area (Å²) in [5.74, 6) is -0.379. The normalized spacial score (nSPS) is 13.5. The Morgan fingerprint density at radius 1 is 1.37 bits per heavy atom. The van der Waals surface area contributed by atoms with Gasteiger partial charge in [-0.05, 0) is 41.6 Å². The summed E-state index contributed by atoms with van der Waals surface area (Å²) in [5, 5.41) is 3.64. The average molecular weight is 264 g/mol. The highest BCUT2D eigenvalue weighted by atomic mass is 19.1. The maximum Gasteiger partial charge on any atom is 0.216 e. The summed E-state index contributed by atoms with van der Waals surface area (Å²) in [6, 6.07) is 7.41. The molecule has 2 aromatic rings. The van der Waals surface area contributed by atoms with Gasteiger partial charge in [0.1, 0.15) is 11.6 Å². The second-order valence-corrected chi connectivity index (χ2v) is 4.25. The molecule has 0 aliphatic heterocycles. The molecule has 2 rings (SSSR count). The Hall–Kier alpha value is -2.10. The van der Waals surface area contributed by atoms with Gasteiger partial charge in [-0.3, -0.25) is 4.79 Å². The van der Waals surface area contributed by atoms with Gasteiger partial charge < -0.3 is 10.1 Å². The predicted octanol–water partition coefficient (Wildman–Crippen LogP) is 2.67. The zero-order valence-corrected chi connectivity index (χ0v) is 10.5. The number of hydrogen-bond donors (Lipinski definition) is 1. The fourth-order valence-corrected chi connectivity index (χ4v) is 2.01. The minimum absolute atomic E-state index is 0.141. The van der Waals surface area contributed by atoms with E-state index in [1.165, 1.54) is 31.2 Å². The molecular weight excluding hydrogens is 245 g/mol. The average Bonchev–Trinajstić information content (AvgIpc) is 2.39. The van der Waals surface area contributed by atoms with Crippen LogP contribution in [-0.2, 0) is 11.2 Å². The molecule has 0 heterocycles. The monoisotopic (exact) mass is 264 g/mol. The van der Waals surface area contributed by atoms with Crippen LogP contribution >= 0.6 is 0 Å². The van der Waals surface area contributed by atoms with Crippen LogP contribution in [0.2, 0.25) is 0 Å². The highest BCUT2D eigenvalue weighted by Gasteiger charge is 2.07. The minimum Gasteiger partial charge on any atom is -0.497 e. The summed E-state index contributed by atoms with van der Waals surface area (Å²) in [7, 11) is -2.56. The van der Waals surface area contributed by atoms with Crippen molar-refractivity contribution in [3.05, 3.63) is 41.7 Å². The molecule has 0 spiro atoms. The van der Waals surface area contributed by atoms with E-state index in [0.29, 0.717) is 23.7 Å². The topological polar surface area (TPSA) is 38.3 Å². The van der Waals surface area contributed by atoms with Crippen molar-refractivity contribution in [2.24, 2.45) is 0 Å². The second kappa shape index (κ2) is 5.69. The zero-order chi connectivity index (χ0) is 16.3. The van der Waals surface area contributed by atoms with Gasteiger partial charge in [0.05, 0.1) is 11.2 Å². The van der Waals surface area contributed by atoms with E-state index in [1.807, 2.05) is 0 Å². The van der Waals surface area contributed by atoms with Crippen molar-refractivity contribution in [1.82, 2.24) is 5.32 Å². The van der Waals surface area contributed by atoms with Crippen LogP contribution in [0.1, 0.15) is 16.6 Å². The van der Waals surface area contributed by atoms with Crippen LogP contribution in [0.4, 0.5) is 4.39 Å². The molecule has 100 valence electrons. The molecule has 0 saturated heterocycles. The summed E-state index contributed by atoms with van der Waals surface area (Å²) < 4.78 is 40.1. The molecule has 4 heteroatoms. The maximum atomic E-state index is 13.9. The second-order valence-electron chi connectivity index (χ2n) is 4.25. The van der Waals surface area contributed by atoms with Crippen LogP contribution < -0.4 is 10.1 Å². The molecule has 0 saturated carbocycles. The molecule has 1 N–H and O–H groups in total. The summed E-state index contributed by atoms with van der Waals surface area (Å²) in [4.78, 5) is 10.9. The zero-order valence-electron chi connectivity index (χ0n) is 13.5. The first-order valence-electron chi connectivity index (χ1n) is 7.41. The third-order valence-corrected chi connectivity index (χ3v) is 2.91. The van der Waals surface area contributed by atoms with Crippen molar-refractivity contribution < 1.29 is 18.0 Å². The van der Waals surface area contributed by atoms with E-state index >= 15 is 0 Å². The van der Waals surface area contributed by atoms with Crippen molar-refractivity contribution in [3.8, 4) is 5.75 Å². The molecule has 2 aromatic carbocycles. The molecule has 0 aliphatic carbocycles. The number of carbonyl (C=O) groups is 1. The first kappa shape index (κ1) is 9.78. The number of carbonyl (C=O) groups excluding carboxylic acids is 1. The van der Waals surface area contributed by atoms with Crippen molar-refractivity contribution in [3.63, 3.8) is 0 Å². The van der Waals surface area contributed by atoms with Gasteiger partial charge in [-0.2, -0.15) is 0 Å². The molecule has 3 nitrogen and oxygen atoms in total. The van der Waals surface area contributed by atoms with Crippen LogP contribution in [0.3, 0.4) is 0 Å². The predicted molar refractivity (Wildman–Crippen MR) is 72.8 cm³/mol. The highest BCUT2D eigenvalue weighted by molar-refractivity contribution is 5.87. The van der Waals surface area contributed by atoms with Gasteiger partial charge in [-0.15, -0.1) is 0 Å². The summed E-state index contributed by atoms with van der Waals surface area (Å²) in [5.41, 5.74) is 0.807. The van der Waals surface area contributed by atoms with Gasteiger partial charge in [-0.1, -0.05) is 6.07 Å². The van der Waals surface area contributed by atoms with E-state index in [1.54, 1.807) is 6.07 Å². The lowest BCUT2D eigenvalue weighted by Crippen LogP contribution is -2.22. The lowest BCUT2D eigenvalue weighted by molar-refractivity contribution is -0.118. The van der Waals surface area contributed by atoms with Gasteiger partial charge in [-0.25, -0.2) is 4.39 Å². The number of benzene rings is 2. The van der Waals surface area contributed by atoms with E-state index in [4.69, 9.17) is 8.85 Å².